The summed E-state index contributed by atoms with van der Waals surface area (Å²) in [5, 5.41) is 8.83. The lowest BCUT2D eigenvalue weighted by molar-refractivity contribution is -0.132. The first-order valence-corrected chi connectivity index (χ1v) is 3.26. The van der Waals surface area contributed by atoms with Gasteiger partial charge in [0, 0.05) is 10.9 Å². The zero-order valence-corrected chi connectivity index (χ0v) is 6.10. The lowest BCUT2D eigenvalue weighted by Gasteiger charge is -1.86. The standard InChI is InChI=1S/C5H7BrO2/c1-4(2-3-6)5(7)8/h2H,3H2,1H3,(H,7,8)/b4-2+. The van der Waals surface area contributed by atoms with Crippen molar-refractivity contribution in [3.63, 3.8) is 0 Å². The van der Waals surface area contributed by atoms with Gasteiger partial charge in [0.25, 0.3) is 0 Å². The van der Waals surface area contributed by atoms with E-state index >= 15 is 0 Å². The van der Waals surface area contributed by atoms with E-state index in [1.165, 1.54) is 0 Å². The third-order valence-electron chi connectivity index (χ3n) is 0.721. The van der Waals surface area contributed by atoms with E-state index in [9.17, 15) is 4.79 Å². The van der Waals surface area contributed by atoms with E-state index in [0.29, 0.717) is 10.9 Å². The van der Waals surface area contributed by atoms with Crippen LogP contribution in [0, 0.1) is 0 Å². The van der Waals surface area contributed by atoms with Gasteiger partial charge in [-0.2, -0.15) is 0 Å². The van der Waals surface area contributed by atoms with Gasteiger partial charge in [-0.1, -0.05) is 22.0 Å². The van der Waals surface area contributed by atoms with E-state index < -0.39 is 5.97 Å². The fourth-order valence-corrected chi connectivity index (χ4v) is 0.689. The largest absolute Gasteiger partial charge is 0.478 e. The Hall–Kier alpha value is -0.310. The second kappa shape index (κ2) is 3.66. The molecule has 1 N–H and O–H groups in total. The van der Waals surface area contributed by atoms with E-state index in [1.54, 1.807) is 13.0 Å². The van der Waals surface area contributed by atoms with E-state index in [-0.39, 0.29) is 0 Å². The topological polar surface area (TPSA) is 37.3 Å². The first-order chi connectivity index (χ1) is 3.68. The molecule has 0 aromatic rings. The molecule has 0 aromatic heterocycles. The number of carboxylic acids is 1. The van der Waals surface area contributed by atoms with Crippen LogP contribution >= 0.6 is 15.9 Å². The summed E-state index contributed by atoms with van der Waals surface area (Å²) in [5.41, 5.74) is 0.377. The van der Waals surface area contributed by atoms with Crippen molar-refractivity contribution in [2.24, 2.45) is 0 Å². The van der Waals surface area contributed by atoms with Gasteiger partial charge in [0.15, 0.2) is 0 Å². The van der Waals surface area contributed by atoms with Gasteiger partial charge in [0.2, 0.25) is 0 Å². The highest BCUT2D eigenvalue weighted by Crippen LogP contribution is 1.92. The molecule has 0 aliphatic rings. The molecular weight excluding hydrogens is 172 g/mol. The number of halogens is 1. The van der Waals surface area contributed by atoms with Crippen LogP contribution in [0.3, 0.4) is 0 Å². The first kappa shape index (κ1) is 7.69. The zero-order chi connectivity index (χ0) is 6.57. The molecule has 3 heteroatoms. The maximum atomic E-state index is 10.0. The maximum absolute atomic E-state index is 10.0. The molecule has 0 aliphatic heterocycles. The molecule has 0 radical (unpaired) electrons. The lowest BCUT2D eigenvalue weighted by Crippen LogP contribution is -1.95. The van der Waals surface area contributed by atoms with Crippen molar-refractivity contribution in [2.45, 2.75) is 6.92 Å². The highest BCUT2D eigenvalue weighted by Gasteiger charge is 1.95. The molecule has 0 fully saturated rings. The fraction of sp³-hybridized carbons (Fsp3) is 0.400. The summed E-state index contributed by atoms with van der Waals surface area (Å²) in [6.07, 6.45) is 1.60. The smallest absolute Gasteiger partial charge is 0.330 e. The summed E-state index contributed by atoms with van der Waals surface area (Å²) in [6.45, 7) is 1.56. The Balaban J connectivity index is 3.80. The minimum absolute atomic E-state index is 0.377. The molecule has 0 rings (SSSR count). The van der Waals surface area contributed by atoms with Crippen LogP contribution in [0.1, 0.15) is 6.92 Å². The molecule has 0 aromatic carbocycles. The molecule has 2 nitrogen and oxygen atoms in total. The monoisotopic (exact) mass is 178 g/mol. The van der Waals surface area contributed by atoms with Crippen molar-refractivity contribution < 1.29 is 9.90 Å². The van der Waals surface area contributed by atoms with Crippen LogP contribution in [0.15, 0.2) is 11.6 Å². The zero-order valence-electron chi connectivity index (χ0n) is 4.52. The Labute approximate surface area is 56.3 Å². The quantitative estimate of drug-likeness (QED) is 0.514. The summed E-state index contributed by atoms with van der Waals surface area (Å²) >= 11 is 3.08. The SMILES string of the molecule is C/C(=C\CBr)C(=O)O. The van der Waals surface area contributed by atoms with Gasteiger partial charge in [0.05, 0.1) is 0 Å². The number of carbonyl (C=O) groups is 1. The molecule has 0 spiro atoms. The molecule has 0 unspecified atom stereocenters. The highest BCUT2D eigenvalue weighted by molar-refractivity contribution is 9.09. The maximum Gasteiger partial charge on any atom is 0.330 e. The predicted molar refractivity (Wildman–Crippen MR) is 35.2 cm³/mol. The van der Waals surface area contributed by atoms with Gasteiger partial charge in [-0.3, -0.25) is 0 Å². The second-order valence-electron chi connectivity index (χ2n) is 1.35. The minimum Gasteiger partial charge on any atom is -0.478 e. The minimum atomic E-state index is -0.857. The van der Waals surface area contributed by atoms with Crippen LogP contribution < -0.4 is 0 Å². The number of alkyl halides is 1. The van der Waals surface area contributed by atoms with Gasteiger partial charge < -0.3 is 5.11 Å². The highest BCUT2D eigenvalue weighted by atomic mass is 79.9. The van der Waals surface area contributed by atoms with Crippen LogP contribution in [0.2, 0.25) is 0 Å². The molecule has 0 bridgehead atoms. The van der Waals surface area contributed by atoms with E-state index in [1.807, 2.05) is 0 Å². The van der Waals surface area contributed by atoms with Crippen molar-refractivity contribution in [3.8, 4) is 0 Å². The third kappa shape index (κ3) is 2.80. The number of hydrogen-bond acceptors (Lipinski definition) is 1. The van der Waals surface area contributed by atoms with Crippen molar-refractivity contribution in [2.75, 3.05) is 5.33 Å². The molecule has 0 saturated carbocycles. The molecular formula is C5H7BrO2. The Bertz CT molecular complexity index is 118. The number of allylic oxidation sites excluding steroid dienone is 1. The van der Waals surface area contributed by atoms with Crippen molar-refractivity contribution >= 4 is 21.9 Å². The Kier molecular flexibility index (Phi) is 3.52. The summed E-state index contributed by atoms with van der Waals surface area (Å²) in [6, 6.07) is 0. The van der Waals surface area contributed by atoms with Crippen molar-refractivity contribution in [1.29, 1.82) is 0 Å². The first-order valence-electron chi connectivity index (χ1n) is 2.14. The average molecular weight is 179 g/mol. The van der Waals surface area contributed by atoms with Crippen LogP contribution in [-0.4, -0.2) is 16.4 Å². The summed E-state index contributed by atoms with van der Waals surface area (Å²) in [5.74, 6) is -0.857. The predicted octanol–water partition coefficient (Wildman–Crippen LogP) is 1.41. The van der Waals surface area contributed by atoms with Crippen LogP contribution in [-0.2, 0) is 4.79 Å². The van der Waals surface area contributed by atoms with E-state index in [0.717, 1.165) is 0 Å². The lowest BCUT2D eigenvalue weighted by atomic mass is 10.3. The third-order valence-corrected chi connectivity index (χ3v) is 1.04. The van der Waals surface area contributed by atoms with Gasteiger partial charge >= 0.3 is 5.97 Å². The summed E-state index contributed by atoms with van der Waals surface area (Å²) in [4.78, 5) is 10.0. The number of hydrogen-bond donors (Lipinski definition) is 1. The molecule has 0 saturated heterocycles. The molecule has 8 heavy (non-hydrogen) atoms. The number of aliphatic carboxylic acids is 1. The average Bonchev–Trinajstić information content (AvgIpc) is 1.67. The van der Waals surface area contributed by atoms with Gasteiger partial charge in [-0.25, -0.2) is 4.79 Å². The van der Waals surface area contributed by atoms with Gasteiger partial charge in [-0.05, 0) is 6.92 Å². The molecule has 0 amide bonds. The fourth-order valence-electron chi connectivity index (χ4n) is 0.203. The second-order valence-corrected chi connectivity index (χ2v) is 1.99. The summed E-state index contributed by atoms with van der Waals surface area (Å²) in [7, 11) is 0. The van der Waals surface area contributed by atoms with E-state index in [4.69, 9.17) is 5.11 Å². The Morgan fingerprint density at radius 2 is 2.38 bits per heavy atom. The molecule has 0 heterocycles. The Morgan fingerprint density at radius 3 is 2.50 bits per heavy atom. The van der Waals surface area contributed by atoms with E-state index in [2.05, 4.69) is 15.9 Å². The number of carboxylic acid groups (broad SMARTS) is 1. The van der Waals surface area contributed by atoms with Gasteiger partial charge in [0.1, 0.15) is 0 Å². The van der Waals surface area contributed by atoms with Crippen LogP contribution in [0.4, 0.5) is 0 Å². The Morgan fingerprint density at radius 1 is 1.88 bits per heavy atom. The van der Waals surface area contributed by atoms with Crippen LogP contribution in [0.25, 0.3) is 0 Å². The number of rotatable bonds is 2. The molecule has 0 atom stereocenters. The van der Waals surface area contributed by atoms with Crippen molar-refractivity contribution in [3.05, 3.63) is 11.6 Å². The molecule has 46 valence electrons. The normalized spacial score (nSPS) is 11.5. The van der Waals surface area contributed by atoms with Crippen molar-refractivity contribution in [1.82, 2.24) is 0 Å². The molecule has 0 aliphatic carbocycles. The van der Waals surface area contributed by atoms with Gasteiger partial charge in [-0.15, -0.1) is 0 Å². The van der Waals surface area contributed by atoms with Crippen LogP contribution in [0.5, 0.6) is 0 Å². The summed E-state index contributed by atoms with van der Waals surface area (Å²) < 4.78 is 0.